The van der Waals surface area contributed by atoms with Crippen molar-refractivity contribution in [2.45, 2.75) is 18.2 Å². The molecule has 0 bridgehead atoms. The highest BCUT2D eigenvalue weighted by Gasteiger charge is 2.30. The SMILES string of the molecule is Cc1ccc(N2CC[C@@H](Br)C2=O)cc1. The maximum atomic E-state index is 11.7. The summed E-state index contributed by atoms with van der Waals surface area (Å²) in [5, 5.41) is 0. The summed E-state index contributed by atoms with van der Waals surface area (Å²) < 4.78 is 0. The molecule has 1 aromatic carbocycles. The zero-order chi connectivity index (χ0) is 10.1. The third-order valence-corrected chi connectivity index (χ3v) is 3.34. The van der Waals surface area contributed by atoms with Gasteiger partial charge in [0.15, 0.2) is 0 Å². The molecule has 0 aromatic heterocycles. The monoisotopic (exact) mass is 253 g/mol. The lowest BCUT2D eigenvalue weighted by atomic mass is 10.2. The predicted molar refractivity (Wildman–Crippen MR) is 60.9 cm³/mol. The van der Waals surface area contributed by atoms with Crippen LogP contribution in [0.3, 0.4) is 0 Å². The summed E-state index contributed by atoms with van der Waals surface area (Å²) in [6.45, 7) is 2.86. The molecule has 1 atom stereocenters. The van der Waals surface area contributed by atoms with Gasteiger partial charge in [-0.15, -0.1) is 0 Å². The Morgan fingerprint density at radius 3 is 2.50 bits per heavy atom. The molecule has 1 heterocycles. The quantitative estimate of drug-likeness (QED) is 0.705. The average Bonchev–Trinajstić information content (AvgIpc) is 2.50. The molecule has 1 aliphatic rings. The Bertz CT molecular complexity index is 347. The van der Waals surface area contributed by atoms with Gasteiger partial charge in [0.2, 0.25) is 5.91 Å². The lowest BCUT2D eigenvalue weighted by Crippen LogP contribution is -2.26. The molecule has 0 N–H and O–H groups in total. The predicted octanol–water partition coefficient (Wildman–Crippen LogP) is 2.50. The Hall–Kier alpha value is -0.830. The van der Waals surface area contributed by atoms with Crippen molar-refractivity contribution in [2.24, 2.45) is 0 Å². The van der Waals surface area contributed by atoms with Gasteiger partial charge < -0.3 is 4.90 Å². The van der Waals surface area contributed by atoms with Crippen LogP contribution in [0.2, 0.25) is 0 Å². The van der Waals surface area contributed by atoms with Crippen LogP contribution in [0.5, 0.6) is 0 Å². The number of anilines is 1. The number of carbonyl (C=O) groups excluding carboxylic acids is 1. The van der Waals surface area contributed by atoms with Gasteiger partial charge in [0.25, 0.3) is 0 Å². The van der Waals surface area contributed by atoms with Crippen LogP contribution in [0.1, 0.15) is 12.0 Å². The number of nitrogens with zero attached hydrogens (tertiary/aromatic N) is 1. The van der Waals surface area contributed by atoms with Gasteiger partial charge in [-0.05, 0) is 25.5 Å². The van der Waals surface area contributed by atoms with E-state index in [0.29, 0.717) is 0 Å². The smallest absolute Gasteiger partial charge is 0.240 e. The first-order valence-corrected chi connectivity index (χ1v) is 5.62. The average molecular weight is 254 g/mol. The molecule has 1 saturated heterocycles. The van der Waals surface area contributed by atoms with E-state index in [1.165, 1.54) is 5.56 Å². The van der Waals surface area contributed by atoms with E-state index in [0.717, 1.165) is 18.7 Å². The van der Waals surface area contributed by atoms with Crippen molar-refractivity contribution < 1.29 is 4.79 Å². The highest BCUT2D eigenvalue weighted by molar-refractivity contribution is 9.10. The molecule has 3 heteroatoms. The molecular formula is C11H12BrNO. The van der Waals surface area contributed by atoms with Crippen molar-refractivity contribution in [3.8, 4) is 0 Å². The Morgan fingerprint density at radius 1 is 1.36 bits per heavy atom. The summed E-state index contributed by atoms with van der Waals surface area (Å²) in [4.78, 5) is 13.5. The number of benzene rings is 1. The van der Waals surface area contributed by atoms with E-state index in [9.17, 15) is 4.79 Å². The standard InChI is InChI=1S/C11H12BrNO/c1-8-2-4-9(5-3-8)13-7-6-10(12)11(13)14/h2-5,10H,6-7H2,1H3/t10-/m1/s1. The van der Waals surface area contributed by atoms with E-state index < -0.39 is 0 Å². The lowest BCUT2D eigenvalue weighted by Gasteiger charge is -2.15. The van der Waals surface area contributed by atoms with Gasteiger partial charge in [-0.25, -0.2) is 0 Å². The van der Waals surface area contributed by atoms with Crippen molar-refractivity contribution in [1.82, 2.24) is 0 Å². The zero-order valence-electron chi connectivity index (χ0n) is 8.03. The molecule has 0 aliphatic carbocycles. The molecule has 1 aromatic rings. The maximum Gasteiger partial charge on any atom is 0.240 e. The third kappa shape index (κ3) is 1.69. The van der Waals surface area contributed by atoms with Crippen molar-refractivity contribution in [2.75, 3.05) is 11.4 Å². The maximum absolute atomic E-state index is 11.7. The summed E-state index contributed by atoms with van der Waals surface area (Å²) in [6, 6.07) is 8.06. The summed E-state index contributed by atoms with van der Waals surface area (Å²) in [5.74, 6) is 0.175. The summed E-state index contributed by atoms with van der Waals surface area (Å²) in [6.07, 6.45) is 0.896. The van der Waals surface area contributed by atoms with E-state index in [4.69, 9.17) is 0 Å². The minimum absolute atomic E-state index is 0.00352. The van der Waals surface area contributed by atoms with Crippen molar-refractivity contribution in [3.63, 3.8) is 0 Å². The summed E-state index contributed by atoms with van der Waals surface area (Å²) in [5.41, 5.74) is 2.22. The second-order valence-corrected chi connectivity index (χ2v) is 4.69. The zero-order valence-corrected chi connectivity index (χ0v) is 9.62. The van der Waals surface area contributed by atoms with E-state index in [2.05, 4.69) is 15.9 Å². The van der Waals surface area contributed by atoms with Crippen molar-refractivity contribution >= 4 is 27.5 Å². The Kier molecular flexibility index (Phi) is 2.59. The molecule has 1 fully saturated rings. The Labute approximate surface area is 92.0 Å². The lowest BCUT2D eigenvalue weighted by molar-refractivity contribution is -0.116. The number of amides is 1. The fourth-order valence-corrected chi connectivity index (χ4v) is 2.08. The van der Waals surface area contributed by atoms with Gasteiger partial charge in [0.1, 0.15) is 0 Å². The van der Waals surface area contributed by atoms with Crippen LogP contribution in [0, 0.1) is 6.92 Å². The highest BCUT2D eigenvalue weighted by Crippen LogP contribution is 2.25. The Morgan fingerprint density at radius 2 is 2.00 bits per heavy atom. The number of hydrogen-bond acceptors (Lipinski definition) is 1. The van der Waals surface area contributed by atoms with Crippen LogP contribution in [-0.4, -0.2) is 17.3 Å². The van der Waals surface area contributed by atoms with Crippen molar-refractivity contribution in [1.29, 1.82) is 0 Å². The normalized spacial score (nSPS) is 21.7. The van der Waals surface area contributed by atoms with E-state index in [-0.39, 0.29) is 10.7 Å². The second-order valence-electron chi connectivity index (χ2n) is 3.58. The molecule has 0 unspecified atom stereocenters. The number of halogens is 1. The largest absolute Gasteiger partial charge is 0.311 e. The van der Waals surface area contributed by atoms with Gasteiger partial charge in [0, 0.05) is 12.2 Å². The van der Waals surface area contributed by atoms with Gasteiger partial charge >= 0.3 is 0 Å². The topological polar surface area (TPSA) is 20.3 Å². The van der Waals surface area contributed by atoms with Crippen LogP contribution in [0.4, 0.5) is 5.69 Å². The minimum atomic E-state index is 0.00352. The van der Waals surface area contributed by atoms with Gasteiger partial charge in [0.05, 0.1) is 4.83 Å². The molecule has 1 amide bonds. The molecule has 14 heavy (non-hydrogen) atoms. The van der Waals surface area contributed by atoms with Gasteiger partial charge in [-0.2, -0.15) is 0 Å². The van der Waals surface area contributed by atoms with Crippen LogP contribution in [0.25, 0.3) is 0 Å². The Balaban J connectivity index is 2.24. The second kappa shape index (κ2) is 3.73. The van der Waals surface area contributed by atoms with Crippen molar-refractivity contribution in [3.05, 3.63) is 29.8 Å². The van der Waals surface area contributed by atoms with E-state index in [1.54, 1.807) is 0 Å². The van der Waals surface area contributed by atoms with Crippen LogP contribution >= 0.6 is 15.9 Å². The van der Waals surface area contributed by atoms with E-state index in [1.807, 2.05) is 36.1 Å². The van der Waals surface area contributed by atoms with Crippen LogP contribution in [0.15, 0.2) is 24.3 Å². The number of hydrogen-bond donors (Lipinski definition) is 0. The minimum Gasteiger partial charge on any atom is -0.311 e. The molecule has 0 saturated carbocycles. The first-order valence-electron chi connectivity index (χ1n) is 4.70. The highest BCUT2D eigenvalue weighted by atomic mass is 79.9. The molecular weight excluding hydrogens is 242 g/mol. The van der Waals surface area contributed by atoms with E-state index >= 15 is 0 Å². The fraction of sp³-hybridized carbons (Fsp3) is 0.364. The van der Waals surface area contributed by atoms with Gasteiger partial charge in [-0.3, -0.25) is 4.79 Å². The first kappa shape index (κ1) is 9.71. The molecule has 2 rings (SSSR count). The fourth-order valence-electron chi connectivity index (χ4n) is 1.63. The number of aryl methyl sites for hydroxylation is 1. The first-order chi connectivity index (χ1) is 6.68. The number of rotatable bonds is 1. The summed E-state index contributed by atoms with van der Waals surface area (Å²) >= 11 is 3.36. The summed E-state index contributed by atoms with van der Waals surface area (Å²) in [7, 11) is 0. The molecule has 0 radical (unpaired) electrons. The molecule has 74 valence electrons. The molecule has 2 nitrogen and oxygen atoms in total. The van der Waals surface area contributed by atoms with Crippen LogP contribution in [-0.2, 0) is 4.79 Å². The third-order valence-electron chi connectivity index (χ3n) is 2.49. The number of carbonyl (C=O) groups is 1. The molecule has 0 spiro atoms. The number of alkyl halides is 1. The van der Waals surface area contributed by atoms with Gasteiger partial charge in [-0.1, -0.05) is 33.6 Å². The molecule has 1 aliphatic heterocycles. The van der Waals surface area contributed by atoms with Crippen LogP contribution < -0.4 is 4.90 Å².